The molecule has 0 atom stereocenters. The van der Waals surface area contributed by atoms with Gasteiger partial charge in [0.2, 0.25) is 0 Å². The lowest BCUT2D eigenvalue weighted by atomic mass is 9.88. The Kier molecular flexibility index (Phi) is 7.44. The maximum Gasteiger partial charge on any atom is 0.410 e. The highest BCUT2D eigenvalue weighted by molar-refractivity contribution is 5.99. The van der Waals surface area contributed by atoms with E-state index in [1.54, 1.807) is 0 Å². The molecule has 6 nitrogen and oxygen atoms in total. The second-order valence-electron chi connectivity index (χ2n) is 11.8. The summed E-state index contributed by atoms with van der Waals surface area (Å²) < 4.78 is 7.91. The second kappa shape index (κ2) is 10.8. The standard InChI is InChI=1S/C32H40N4O2/c1-32(2,3)38-31(37)35-20-16-24(17-21-35)30-29-27(26-15-14-23-10-6-7-11-25(23)22-26)12-8-13-28(29)33-36(30)19-9-18-34(4)5/h6-8,10-15,22,24H,9,16-21H2,1-5H3. The summed E-state index contributed by atoms with van der Waals surface area (Å²) in [5, 5.41) is 8.87. The van der Waals surface area contributed by atoms with Crippen molar-refractivity contribution in [1.29, 1.82) is 0 Å². The van der Waals surface area contributed by atoms with Gasteiger partial charge in [0, 0.05) is 30.9 Å². The fourth-order valence-corrected chi connectivity index (χ4v) is 5.59. The summed E-state index contributed by atoms with van der Waals surface area (Å²) in [6.45, 7) is 9.05. The smallest absolute Gasteiger partial charge is 0.410 e. The van der Waals surface area contributed by atoms with Gasteiger partial charge in [-0.15, -0.1) is 0 Å². The van der Waals surface area contributed by atoms with E-state index < -0.39 is 5.60 Å². The Morgan fingerprint density at radius 3 is 2.45 bits per heavy atom. The fourth-order valence-electron chi connectivity index (χ4n) is 5.59. The number of piperidine rings is 1. The summed E-state index contributed by atoms with van der Waals surface area (Å²) >= 11 is 0. The van der Waals surface area contributed by atoms with E-state index in [-0.39, 0.29) is 6.09 Å². The van der Waals surface area contributed by atoms with Gasteiger partial charge in [-0.05, 0) is 94.7 Å². The number of likely N-dealkylation sites (tertiary alicyclic amines) is 1. The Hall–Kier alpha value is -3.38. The molecule has 3 aromatic carbocycles. The van der Waals surface area contributed by atoms with E-state index in [2.05, 4.69) is 84.3 Å². The van der Waals surface area contributed by atoms with E-state index in [0.29, 0.717) is 19.0 Å². The van der Waals surface area contributed by atoms with Crippen molar-refractivity contribution in [2.75, 3.05) is 33.7 Å². The number of nitrogens with zero attached hydrogens (tertiary/aromatic N) is 4. The topological polar surface area (TPSA) is 50.6 Å². The average molecular weight is 513 g/mol. The molecule has 1 fully saturated rings. The van der Waals surface area contributed by atoms with Crippen molar-refractivity contribution >= 4 is 27.8 Å². The van der Waals surface area contributed by atoms with E-state index in [1.165, 1.54) is 33.0 Å². The van der Waals surface area contributed by atoms with Gasteiger partial charge >= 0.3 is 6.09 Å². The normalized spacial score (nSPS) is 15.1. The molecule has 4 aromatic rings. The van der Waals surface area contributed by atoms with Gasteiger partial charge in [0.1, 0.15) is 5.60 Å². The lowest BCUT2D eigenvalue weighted by molar-refractivity contribution is 0.0203. The van der Waals surface area contributed by atoms with Crippen molar-refractivity contribution in [2.24, 2.45) is 0 Å². The van der Waals surface area contributed by atoms with Crippen LogP contribution in [0, 0.1) is 0 Å². The largest absolute Gasteiger partial charge is 0.444 e. The van der Waals surface area contributed by atoms with Gasteiger partial charge < -0.3 is 14.5 Å². The number of rotatable bonds is 6. The first-order chi connectivity index (χ1) is 18.2. The molecule has 1 aliphatic heterocycles. The number of fused-ring (bicyclic) bond motifs is 2. The molecule has 5 rings (SSSR count). The fraction of sp³-hybridized carbons (Fsp3) is 0.438. The van der Waals surface area contributed by atoms with Crippen LogP contribution < -0.4 is 0 Å². The minimum Gasteiger partial charge on any atom is -0.444 e. The van der Waals surface area contributed by atoms with Crippen molar-refractivity contribution in [2.45, 2.75) is 58.1 Å². The Labute approximate surface area is 226 Å². The first-order valence-electron chi connectivity index (χ1n) is 13.8. The number of carbonyl (C=O) groups excluding carboxylic acids is 1. The van der Waals surface area contributed by atoms with Crippen LogP contribution in [0.2, 0.25) is 0 Å². The molecule has 0 spiro atoms. The van der Waals surface area contributed by atoms with E-state index in [9.17, 15) is 4.79 Å². The van der Waals surface area contributed by atoms with Crippen LogP contribution in [0.3, 0.4) is 0 Å². The van der Waals surface area contributed by atoms with Crippen LogP contribution >= 0.6 is 0 Å². The van der Waals surface area contributed by atoms with Gasteiger partial charge in [-0.1, -0.05) is 48.5 Å². The van der Waals surface area contributed by atoms with Gasteiger partial charge in [0.25, 0.3) is 0 Å². The van der Waals surface area contributed by atoms with Crippen LogP contribution in [0.25, 0.3) is 32.8 Å². The summed E-state index contributed by atoms with van der Waals surface area (Å²) in [5.74, 6) is 0.333. The van der Waals surface area contributed by atoms with Crippen LogP contribution in [0.1, 0.15) is 51.6 Å². The SMILES string of the molecule is CN(C)CCCn1nc2cccc(-c3ccc4ccccc4c3)c2c1C1CCN(C(=O)OC(C)(C)C)CC1. The van der Waals surface area contributed by atoms with Gasteiger partial charge in [0.15, 0.2) is 0 Å². The number of aromatic nitrogens is 2. The first-order valence-corrected chi connectivity index (χ1v) is 13.8. The highest BCUT2D eigenvalue weighted by Crippen LogP contribution is 2.39. The molecule has 200 valence electrons. The van der Waals surface area contributed by atoms with E-state index in [1.807, 2.05) is 25.7 Å². The summed E-state index contributed by atoms with van der Waals surface area (Å²) in [5.41, 5.74) is 4.33. The molecule has 0 radical (unpaired) electrons. The van der Waals surface area contributed by atoms with Gasteiger partial charge in [-0.25, -0.2) is 4.79 Å². The molecule has 0 unspecified atom stereocenters. The van der Waals surface area contributed by atoms with Crippen LogP contribution in [0.5, 0.6) is 0 Å². The minimum atomic E-state index is -0.482. The first kappa shape index (κ1) is 26.2. The zero-order chi connectivity index (χ0) is 26.9. The number of carbonyl (C=O) groups is 1. The highest BCUT2D eigenvalue weighted by atomic mass is 16.6. The third kappa shape index (κ3) is 5.70. The van der Waals surface area contributed by atoms with Crippen molar-refractivity contribution in [3.63, 3.8) is 0 Å². The lowest BCUT2D eigenvalue weighted by Crippen LogP contribution is -2.41. The number of amides is 1. The lowest BCUT2D eigenvalue weighted by Gasteiger charge is -2.34. The number of hydrogen-bond acceptors (Lipinski definition) is 4. The summed E-state index contributed by atoms with van der Waals surface area (Å²) in [6.07, 6.45) is 2.63. The Balaban J connectivity index is 1.52. The van der Waals surface area contributed by atoms with E-state index >= 15 is 0 Å². The molecule has 1 amide bonds. The van der Waals surface area contributed by atoms with Crippen LogP contribution in [0.15, 0.2) is 60.7 Å². The zero-order valence-electron chi connectivity index (χ0n) is 23.4. The molecule has 6 heteroatoms. The van der Waals surface area contributed by atoms with E-state index in [4.69, 9.17) is 9.84 Å². The predicted octanol–water partition coefficient (Wildman–Crippen LogP) is 6.92. The Bertz CT molecular complexity index is 1420. The molecule has 0 aliphatic carbocycles. The third-order valence-electron chi connectivity index (χ3n) is 7.37. The average Bonchev–Trinajstić information content (AvgIpc) is 3.25. The van der Waals surface area contributed by atoms with Gasteiger partial charge in [-0.2, -0.15) is 5.10 Å². The van der Waals surface area contributed by atoms with Crippen molar-refractivity contribution < 1.29 is 9.53 Å². The molecular formula is C32H40N4O2. The number of benzene rings is 3. The van der Waals surface area contributed by atoms with Crippen LogP contribution in [-0.4, -0.2) is 65.0 Å². The quantitative estimate of drug-likeness (QED) is 0.281. The third-order valence-corrected chi connectivity index (χ3v) is 7.37. The minimum absolute atomic E-state index is 0.211. The summed E-state index contributed by atoms with van der Waals surface area (Å²) in [6, 6.07) is 21.8. The van der Waals surface area contributed by atoms with Crippen LogP contribution in [0.4, 0.5) is 4.79 Å². The molecule has 0 N–H and O–H groups in total. The highest BCUT2D eigenvalue weighted by Gasteiger charge is 2.31. The van der Waals surface area contributed by atoms with E-state index in [0.717, 1.165) is 37.9 Å². The number of aryl methyl sites for hydroxylation is 1. The Morgan fingerprint density at radius 2 is 1.74 bits per heavy atom. The molecule has 0 saturated carbocycles. The maximum atomic E-state index is 12.7. The monoisotopic (exact) mass is 512 g/mol. The molecular weight excluding hydrogens is 472 g/mol. The molecule has 0 bridgehead atoms. The van der Waals surface area contributed by atoms with Crippen molar-refractivity contribution in [3.05, 3.63) is 66.4 Å². The van der Waals surface area contributed by atoms with Gasteiger partial charge in [-0.3, -0.25) is 4.68 Å². The molecule has 38 heavy (non-hydrogen) atoms. The molecule has 1 aliphatic rings. The number of hydrogen-bond donors (Lipinski definition) is 0. The summed E-state index contributed by atoms with van der Waals surface area (Å²) in [7, 11) is 4.23. The maximum absolute atomic E-state index is 12.7. The van der Waals surface area contributed by atoms with Crippen LogP contribution in [-0.2, 0) is 11.3 Å². The predicted molar refractivity (Wildman–Crippen MR) is 156 cm³/mol. The number of ether oxygens (including phenoxy) is 1. The van der Waals surface area contributed by atoms with Gasteiger partial charge in [0.05, 0.1) is 11.2 Å². The van der Waals surface area contributed by atoms with Crippen molar-refractivity contribution in [3.8, 4) is 11.1 Å². The zero-order valence-corrected chi connectivity index (χ0v) is 23.4. The molecule has 2 heterocycles. The molecule has 1 aromatic heterocycles. The van der Waals surface area contributed by atoms with Crippen molar-refractivity contribution in [1.82, 2.24) is 19.6 Å². The second-order valence-corrected chi connectivity index (χ2v) is 11.8. The molecule has 1 saturated heterocycles. The summed E-state index contributed by atoms with van der Waals surface area (Å²) in [4.78, 5) is 16.8. The Morgan fingerprint density at radius 1 is 1.00 bits per heavy atom.